The molecule has 0 saturated carbocycles. The van der Waals surface area contributed by atoms with Gasteiger partial charge in [0, 0.05) is 35.4 Å². The molecule has 5 rings (SSSR count). The quantitative estimate of drug-likeness (QED) is 0.550. The van der Waals surface area contributed by atoms with Crippen LogP contribution in [0.2, 0.25) is 0 Å². The summed E-state index contributed by atoms with van der Waals surface area (Å²) in [5.41, 5.74) is 6.20. The number of nitrogens with one attached hydrogen (secondary N) is 1. The predicted molar refractivity (Wildman–Crippen MR) is 114 cm³/mol. The summed E-state index contributed by atoms with van der Waals surface area (Å²) in [6.45, 7) is 3.95. The third-order valence-corrected chi connectivity index (χ3v) is 6.82. The molecule has 4 aromatic heterocycles. The van der Waals surface area contributed by atoms with Crippen LogP contribution in [0.4, 0.5) is 5.00 Å². The van der Waals surface area contributed by atoms with E-state index in [1.165, 1.54) is 16.2 Å². The van der Waals surface area contributed by atoms with E-state index in [2.05, 4.69) is 26.6 Å². The first-order valence-electron chi connectivity index (χ1n) is 9.69. The predicted octanol–water partition coefficient (Wildman–Crippen LogP) is 3.42. The first-order chi connectivity index (χ1) is 14.5. The van der Waals surface area contributed by atoms with E-state index in [1.54, 1.807) is 16.8 Å². The van der Waals surface area contributed by atoms with Crippen LogP contribution >= 0.6 is 11.3 Å². The summed E-state index contributed by atoms with van der Waals surface area (Å²) in [6, 6.07) is 5.78. The lowest BCUT2D eigenvalue weighted by atomic mass is 10.1. The third kappa shape index (κ3) is 2.72. The second kappa shape index (κ2) is 6.78. The fraction of sp³-hybridized carbons (Fsp3) is 0.286. The lowest BCUT2D eigenvalue weighted by Gasteiger charge is -2.05. The van der Waals surface area contributed by atoms with Crippen LogP contribution in [0, 0.1) is 25.2 Å². The summed E-state index contributed by atoms with van der Waals surface area (Å²) in [5.74, 6) is -0.345. The van der Waals surface area contributed by atoms with Crippen molar-refractivity contribution in [2.45, 2.75) is 33.1 Å². The Morgan fingerprint density at radius 3 is 2.87 bits per heavy atom. The Hall–Kier alpha value is -3.51. The molecule has 0 spiro atoms. The Kier molecular flexibility index (Phi) is 4.18. The second-order valence-electron chi connectivity index (χ2n) is 7.43. The van der Waals surface area contributed by atoms with Gasteiger partial charge in [-0.2, -0.15) is 15.5 Å². The summed E-state index contributed by atoms with van der Waals surface area (Å²) in [6.07, 6.45) is 4.64. The van der Waals surface area contributed by atoms with Crippen molar-refractivity contribution in [2.75, 3.05) is 5.32 Å². The minimum atomic E-state index is -0.345. The number of hydrogen-bond acceptors (Lipinski definition) is 6. The van der Waals surface area contributed by atoms with Gasteiger partial charge >= 0.3 is 0 Å². The van der Waals surface area contributed by atoms with Crippen molar-refractivity contribution in [1.29, 1.82) is 5.26 Å². The topological polar surface area (TPSA) is 101 Å². The van der Waals surface area contributed by atoms with Gasteiger partial charge in [-0.3, -0.25) is 9.48 Å². The monoisotopic (exact) mass is 417 g/mol. The lowest BCUT2D eigenvalue weighted by Crippen LogP contribution is -2.13. The Morgan fingerprint density at radius 2 is 2.13 bits per heavy atom. The molecule has 1 amide bonds. The fourth-order valence-corrected chi connectivity index (χ4v) is 5.35. The van der Waals surface area contributed by atoms with Crippen LogP contribution in [0.15, 0.2) is 18.3 Å². The van der Waals surface area contributed by atoms with E-state index < -0.39 is 0 Å². The Bertz CT molecular complexity index is 1370. The van der Waals surface area contributed by atoms with E-state index in [4.69, 9.17) is 0 Å². The summed E-state index contributed by atoms with van der Waals surface area (Å²) >= 11 is 1.49. The highest BCUT2D eigenvalue weighted by atomic mass is 32.1. The molecule has 1 aliphatic carbocycles. The third-order valence-electron chi connectivity index (χ3n) is 5.62. The van der Waals surface area contributed by atoms with Crippen LogP contribution in [-0.4, -0.2) is 30.3 Å². The standard InChI is InChI=1S/C21H19N7OS/c1-11-19(12(2)27(3)25-11)16-7-8-23-18-9-15(26-28(16)18)20(29)24-21-14(10-22)13-5-4-6-17(13)30-21/h7-9H,4-6H2,1-3H3,(H,24,29). The number of rotatable bonds is 3. The Morgan fingerprint density at radius 1 is 1.30 bits per heavy atom. The molecule has 1 aliphatic rings. The summed E-state index contributed by atoms with van der Waals surface area (Å²) < 4.78 is 3.50. The highest BCUT2D eigenvalue weighted by Crippen LogP contribution is 2.38. The molecule has 9 heteroatoms. The SMILES string of the molecule is Cc1nn(C)c(C)c1-c1ccnc2cc(C(=O)Nc3sc4c(c3C#N)CCC4)nn12. The number of nitriles is 1. The average Bonchev–Trinajstić information content (AvgIpc) is 3.45. The van der Waals surface area contributed by atoms with Crippen molar-refractivity contribution < 1.29 is 4.79 Å². The highest BCUT2D eigenvalue weighted by molar-refractivity contribution is 7.16. The molecule has 0 fully saturated rings. The van der Waals surface area contributed by atoms with E-state index in [-0.39, 0.29) is 11.6 Å². The van der Waals surface area contributed by atoms with Crippen LogP contribution < -0.4 is 5.32 Å². The number of anilines is 1. The number of carbonyl (C=O) groups excluding carboxylic acids is 1. The van der Waals surface area contributed by atoms with Gasteiger partial charge in [-0.05, 0) is 44.7 Å². The van der Waals surface area contributed by atoms with E-state index in [0.717, 1.165) is 47.5 Å². The van der Waals surface area contributed by atoms with Gasteiger partial charge in [0.25, 0.3) is 5.91 Å². The minimum absolute atomic E-state index is 0.256. The van der Waals surface area contributed by atoms with Gasteiger partial charge in [-0.1, -0.05) is 0 Å². The van der Waals surface area contributed by atoms with Gasteiger partial charge in [0.15, 0.2) is 11.3 Å². The maximum atomic E-state index is 12.9. The smallest absolute Gasteiger partial charge is 0.276 e. The minimum Gasteiger partial charge on any atom is -0.311 e. The van der Waals surface area contributed by atoms with Crippen LogP contribution in [0.25, 0.3) is 16.9 Å². The van der Waals surface area contributed by atoms with Gasteiger partial charge in [-0.25, -0.2) is 9.50 Å². The van der Waals surface area contributed by atoms with E-state index >= 15 is 0 Å². The number of nitrogens with zero attached hydrogens (tertiary/aromatic N) is 6. The summed E-state index contributed by atoms with van der Waals surface area (Å²) in [5, 5.41) is 22.1. The molecule has 0 atom stereocenters. The van der Waals surface area contributed by atoms with Crippen LogP contribution in [0.1, 0.15) is 44.3 Å². The van der Waals surface area contributed by atoms with Crippen LogP contribution in [-0.2, 0) is 19.9 Å². The molecule has 0 saturated heterocycles. The molecule has 4 aromatic rings. The summed E-state index contributed by atoms with van der Waals surface area (Å²) in [7, 11) is 1.90. The van der Waals surface area contributed by atoms with Crippen molar-refractivity contribution in [3.05, 3.63) is 51.4 Å². The first kappa shape index (κ1) is 18.5. The van der Waals surface area contributed by atoms with Crippen LogP contribution in [0.5, 0.6) is 0 Å². The number of amides is 1. The molecule has 30 heavy (non-hydrogen) atoms. The zero-order valence-corrected chi connectivity index (χ0v) is 17.7. The Balaban J connectivity index is 1.54. The molecule has 0 bridgehead atoms. The molecule has 150 valence electrons. The zero-order chi connectivity index (χ0) is 21.0. The fourth-order valence-electron chi connectivity index (χ4n) is 4.12. The largest absolute Gasteiger partial charge is 0.311 e. The molecular weight excluding hydrogens is 398 g/mol. The van der Waals surface area contributed by atoms with Crippen molar-refractivity contribution in [2.24, 2.45) is 7.05 Å². The molecule has 0 aromatic carbocycles. The molecule has 0 unspecified atom stereocenters. The van der Waals surface area contributed by atoms with Gasteiger partial charge in [0.2, 0.25) is 0 Å². The molecule has 4 heterocycles. The van der Waals surface area contributed by atoms with Gasteiger partial charge in [-0.15, -0.1) is 11.3 Å². The molecule has 1 N–H and O–H groups in total. The molecule has 8 nitrogen and oxygen atoms in total. The molecule has 0 radical (unpaired) electrons. The number of hydrogen-bond donors (Lipinski definition) is 1. The number of aromatic nitrogens is 5. The van der Waals surface area contributed by atoms with Gasteiger partial charge in [0.1, 0.15) is 11.1 Å². The summed E-state index contributed by atoms with van der Waals surface area (Å²) in [4.78, 5) is 18.5. The van der Waals surface area contributed by atoms with Crippen molar-refractivity contribution in [3.8, 4) is 17.3 Å². The number of aryl methyl sites for hydroxylation is 3. The highest BCUT2D eigenvalue weighted by Gasteiger charge is 2.24. The first-order valence-corrected chi connectivity index (χ1v) is 10.5. The zero-order valence-electron chi connectivity index (χ0n) is 16.9. The average molecular weight is 417 g/mol. The van der Waals surface area contributed by atoms with Crippen molar-refractivity contribution in [1.82, 2.24) is 24.4 Å². The maximum absolute atomic E-state index is 12.9. The molecular formula is C21H19N7OS. The number of fused-ring (bicyclic) bond motifs is 2. The number of carbonyl (C=O) groups is 1. The number of thiophene rings is 1. The second-order valence-corrected chi connectivity index (χ2v) is 8.53. The van der Waals surface area contributed by atoms with E-state index in [9.17, 15) is 10.1 Å². The maximum Gasteiger partial charge on any atom is 0.276 e. The van der Waals surface area contributed by atoms with Gasteiger partial charge < -0.3 is 5.32 Å². The van der Waals surface area contributed by atoms with Crippen molar-refractivity contribution >= 4 is 27.9 Å². The molecule has 0 aliphatic heterocycles. The lowest BCUT2D eigenvalue weighted by molar-refractivity contribution is 0.102. The van der Waals surface area contributed by atoms with E-state index in [0.29, 0.717) is 16.2 Å². The van der Waals surface area contributed by atoms with E-state index in [1.807, 2.05) is 31.6 Å². The van der Waals surface area contributed by atoms with Gasteiger partial charge in [0.05, 0.1) is 17.0 Å². The normalized spacial score (nSPS) is 12.9. The Labute approximate surface area is 176 Å². The van der Waals surface area contributed by atoms with Crippen LogP contribution in [0.3, 0.4) is 0 Å². The van der Waals surface area contributed by atoms with Crippen molar-refractivity contribution in [3.63, 3.8) is 0 Å².